The third kappa shape index (κ3) is 7.28. The third-order valence-electron chi connectivity index (χ3n) is 4.67. The van der Waals surface area contributed by atoms with Gasteiger partial charge in [0.2, 0.25) is 0 Å². The smallest absolute Gasteiger partial charge is 0.303 e. The third-order valence-corrected chi connectivity index (χ3v) is 4.67. The summed E-state index contributed by atoms with van der Waals surface area (Å²) in [6.07, 6.45) is 11.7. The molecule has 3 nitrogen and oxygen atoms in total. The molecule has 1 fully saturated rings. The fourth-order valence-electron chi connectivity index (χ4n) is 3.29. The first-order valence-electron chi connectivity index (χ1n) is 8.59. The van der Waals surface area contributed by atoms with E-state index in [0.717, 1.165) is 13.0 Å². The van der Waals surface area contributed by atoms with Crippen LogP contribution in [0.25, 0.3) is 0 Å². The topological polar surface area (TPSA) is 40.5 Å². The van der Waals surface area contributed by atoms with Crippen LogP contribution in [0.1, 0.15) is 78.1 Å². The van der Waals surface area contributed by atoms with Crippen molar-refractivity contribution in [2.24, 2.45) is 5.92 Å². The van der Waals surface area contributed by atoms with Crippen molar-refractivity contribution >= 4 is 5.97 Å². The normalized spacial score (nSPS) is 21.8. The van der Waals surface area contributed by atoms with Gasteiger partial charge in [0.15, 0.2) is 0 Å². The lowest BCUT2D eigenvalue weighted by Crippen LogP contribution is -2.41. The van der Waals surface area contributed by atoms with Crippen LogP contribution in [0.2, 0.25) is 0 Å². The summed E-state index contributed by atoms with van der Waals surface area (Å²) in [5.74, 6) is -0.0477. The monoisotopic (exact) mass is 283 g/mol. The second-order valence-electron chi connectivity index (χ2n) is 6.49. The van der Waals surface area contributed by atoms with Gasteiger partial charge in [-0.15, -0.1) is 0 Å². The maximum atomic E-state index is 10.7. The van der Waals surface area contributed by atoms with E-state index in [2.05, 4.69) is 18.7 Å². The van der Waals surface area contributed by atoms with E-state index in [9.17, 15) is 4.79 Å². The first-order valence-corrected chi connectivity index (χ1v) is 8.59. The van der Waals surface area contributed by atoms with E-state index in [1.54, 1.807) is 0 Å². The molecule has 1 aliphatic rings. The molecule has 1 aliphatic heterocycles. The Morgan fingerprint density at radius 2 is 2.05 bits per heavy atom. The van der Waals surface area contributed by atoms with Gasteiger partial charge in [0.1, 0.15) is 0 Å². The molecule has 0 aromatic rings. The number of hydrogen-bond donors (Lipinski definition) is 1. The molecular formula is C17H33NO2. The summed E-state index contributed by atoms with van der Waals surface area (Å²) >= 11 is 0. The lowest BCUT2D eigenvalue weighted by atomic mass is 9.92. The van der Waals surface area contributed by atoms with E-state index in [1.165, 1.54) is 57.9 Å². The highest BCUT2D eigenvalue weighted by molar-refractivity contribution is 5.66. The Kier molecular flexibility index (Phi) is 8.92. The molecule has 0 saturated carbocycles. The molecule has 0 radical (unpaired) electrons. The number of hydrogen-bond acceptors (Lipinski definition) is 2. The van der Waals surface area contributed by atoms with Crippen LogP contribution >= 0.6 is 0 Å². The zero-order chi connectivity index (χ0) is 14.8. The van der Waals surface area contributed by atoms with E-state index in [0.29, 0.717) is 18.4 Å². The molecule has 1 rings (SSSR count). The second kappa shape index (κ2) is 10.2. The van der Waals surface area contributed by atoms with Crippen molar-refractivity contribution in [2.45, 2.75) is 84.1 Å². The number of aliphatic carboxylic acids is 1. The van der Waals surface area contributed by atoms with Crippen LogP contribution in [0.5, 0.6) is 0 Å². The highest BCUT2D eigenvalue weighted by Crippen LogP contribution is 2.24. The molecule has 1 saturated heterocycles. The van der Waals surface area contributed by atoms with Crippen molar-refractivity contribution in [1.82, 2.24) is 4.90 Å². The first-order chi connectivity index (χ1) is 9.63. The van der Waals surface area contributed by atoms with E-state index in [4.69, 9.17) is 5.11 Å². The van der Waals surface area contributed by atoms with Gasteiger partial charge in [-0.1, -0.05) is 39.0 Å². The van der Waals surface area contributed by atoms with Crippen molar-refractivity contribution in [2.75, 3.05) is 13.1 Å². The lowest BCUT2D eigenvalue weighted by Gasteiger charge is -2.37. The summed E-state index contributed by atoms with van der Waals surface area (Å²) in [4.78, 5) is 13.3. The second-order valence-corrected chi connectivity index (χ2v) is 6.49. The molecule has 20 heavy (non-hydrogen) atoms. The minimum absolute atomic E-state index is 0.337. The van der Waals surface area contributed by atoms with Gasteiger partial charge < -0.3 is 10.0 Å². The predicted octanol–water partition coefficient (Wildman–Crippen LogP) is 4.31. The van der Waals surface area contributed by atoms with Gasteiger partial charge in [0.25, 0.3) is 0 Å². The van der Waals surface area contributed by atoms with Crippen molar-refractivity contribution in [3.05, 3.63) is 0 Å². The van der Waals surface area contributed by atoms with Crippen LogP contribution in [0.4, 0.5) is 0 Å². The number of carboxylic acids is 1. The van der Waals surface area contributed by atoms with Gasteiger partial charge in [-0.3, -0.25) is 4.79 Å². The molecule has 3 heteroatoms. The number of unbranched alkanes of at least 4 members (excludes halogenated alkanes) is 4. The standard InChI is InChI=1S/C17H33NO2/c1-3-4-5-6-7-9-15(2)18-13-8-10-16(14-18)11-12-17(19)20/h15-16H,3-14H2,1-2H3,(H,19,20). The first kappa shape index (κ1) is 17.5. The fourth-order valence-corrected chi connectivity index (χ4v) is 3.29. The Morgan fingerprint density at radius 1 is 1.30 bits per heavy atom. The molecule has 0 aromatic carbocycles. The van der Waals surface area contributed by atoms with Gasteiger partial charge in [-0.2, -0.15) is 0 Å². The highest BCUT2D eigenvalue weighted by atomic mass is 16.4. The Hall–Kier alpha value is -0.570. The average molecular weight is 283 g/mol. The van der Waals surface area contributed by atoms with E-state index in [1.807, 2.05) is 0 Å². The number of carboxylic acid groups (broad SMARTS) is 1. The Morgan fingerprint density at radius 3 is 2.75 bits per heavy atom. The number of nitrogens with zero attached hydrogens (tertiary/aromatic N) is 1. The minimum Gasteiger partial charge on any atom is -0.481 e. The van der Waals surface area contributed by atoms with Crippen LogP contribution in [0.3, 0.4) is 0 Å². The van der Waals surface area contributed by atoms with Gasteiger partial charge in [0.05, 0.1) is 0 Å². The summed E-state index contributed by atoms with van der Waals surface area (Å²) in [6.45, 7) is 6.93. The van der Waals surface area contributed by atoms with Crippen molar-refractivity contribution in [3.63, 3.8) is 0 Å². The lowest BCUT2D eigenvalue weighted by molar-refractivity contribution is -0.137. The molecule has 1 heterocycles. The highest BCUT2D eigenvalue weighted by Gasteiger charge is 2.23. The molecule has 2 unspecified atom stereocenters. The SMILES string of the molecule is CCCCCCCC(C)N1CCCC(CCC(=O)O)C1. The van der Waals surface area contributed by atoms with Crippen LogP contribution in [-0.2, 0) is 4.79 Å². The van der Waals surface area contributed by atoms with Gasteiger partial charge >= 0.3 is 5.97 Å². The molecule has 0 bridgehead atoms. The van der Waals surface area contributed by atoms with Crippen molar-refractivity contribution in [1.29, 1.82) is 0 Å². The number of carbonyl (C=O) groups is 1. The zero-order valence-corrected chi connectivity index (χ0v) is 13.4. The quantitative estimate of drug-likeness (QED) is 0.607. The summed E-state index contributed by atoms with van der Waals surface area (Å²) in [6, 6.07) is 0.671. The Bertz CT molecular complexity index is 268. The van der Waals surface area contributed by atoms with Gasteiger partial charge in [-0.05, 0) is 45.1 Å². The van der Waals surface area contributed by atoms with E-state index < -0.39 is 5.97 Å². The molecule has 0 aliphatic carbocycles. The largest absolute Gasteiger partial charge is 0.481 e. The molecule has 0 amide bonds. The van der Waals surface area contributed by atoms with E-state index in [-0.39, 0.29) is 0 Å². The fraction of sp³-hybridized carbons (Fsp3) is 0.941. The number of piperidine rings is 1. The summed E-state index contributed by atoms with van der Waals surface area (Å²) in [5, 5.41) is 8.79. The van der Waals surface area contributed by atoms with E-state index >= 15 is 0 Å². The molecular weight excluding hydrogens is 250 g/mol. The summed E-state index contributed by atoms with van der Waals surface area (Å²) in [5.41, 5.74) is 0. The molecule has 0 spiro atoms. The molecule has 2 atom stereocenters. The van der Waals surface area contributed by atoms with Crippen LogP contribution < -0.4 is 0 Å². The van der Waals surface area contributed by atoms with Gasteiger partial charge in [0, 0.05) is 19.0 Å². The van der Waals surface area contributed by atoms with Crippen LogP contribution in [0.15, 0.2) is 0 Å². The Balaban J connectivity index is 2.18. The van der Waals surface area contributed by atoms with Crippen molar-refractivity contribution < 1.29 is 9.90 Å². The number of likely N-dealkylation sites (tertiary alicyclic amines) is 1. The number of rotatable bonds is 10. The zero-order valence-electron chi connectivity index (χ0n) is 13.4. The maximum absolute atomic E-state index is 10.7. The average Bonchev–Trinajstić information content (AvgIpc) is 2.45. The van der Waals surface area contributed by atoms with Gasteiger partial charge in [-0.25, -0.2) is 0 Å². The Labute approximate surface area is 124 Å². The summed E-state index contributed by atoms with van der Waals surface area (Å²) < 4.78 is 0. The summed E-state index contributed by atoms with van der Waals surface area (Å²) in [7, 11) is 0. The molecule has 1 N–H and O–H groups in total. The minimum atomic E-state index is -0.647. The maximum Gasteiger partial charge on any atom is 0.303 e. The van der Waals surface area contributed by atoms with Crippen LogP contribution in [-0.4, -0.2) is 35.1 Å². The predicted molar refractivity (Wildman–Crippen MR) is 84.0 cm³/mol. The molecule has 0 aromatic heterocycles. The van der Waals surface area contributed by atoms with Crippen LogP contribution in [0, 0.1) is 5.92 Å². The van der Waals surface area contributed by atoms with Crippen molar-refractivity contribution in [3.8, 4) is 0 Å². The molecule has 118 valence electrons.